The van der Waals surface area contributed by atoms with Gasteiger partial charge in [-0.05, 0) is 19.1 Å². The van der Waals surface area contributed by atoms with Crippen molar-refractivity contribution in [3.63, 3.8) is 0 Å². The minimum absolute atomic E-state index is 0.138. The third-order valence-electron chi connectivity index (χ3n) is 1.84. The molecule has 4 nitrogen and oxygen atoms in total. The van der Waals surface area contributed by atoms with Crippen LogP contribution in [-0.2, 0) is 0 Å². The lowest BCUT2D eigenvalue weighted by Crippen LogP contribution is -2.10. The molecule has 0 radical (unpaired) electrons. The van der Waals surface area contributed by atoms with Crippen molar-refractivity contribution in [1.29, 1.82) is 0 Å². The molecule has 2 rings (SSSR count). The van der Waals surface area contributed by atoms with Crippen LogP contribution in [0.5, 0.6) is 0 Å². The van der Waals surface area contributed by atoms with Crippen LogP contribution in [0, 0.1) is 6.92 Å². The van der Waals surface area contributed by atoms with Crippen molar-refractivity contribution in [2.45, 2.75) is 6.92 Å². The number of hydrogen-bond acceptors (Lipinski definition) is 3. The Kier molecular flexibility index (Phi) is 1.73. The van der Waals surface area contributed by atoms with E-state index in [2.05, 4.69) is 9.97 Å². The van der Waals surface area contributed by atoms with Crippen LogP contribution in [0.25, 0.3) is 11.5 Å². The second-order valence-corrected chi connectivity index (χ2v) is 2.68. The van der Waals surface area contributed by atoms with Crippen LogP contribution in [0.3, 0.4) is 0 Å². The largest absolute Gasteiger partial charge is 0.463 e. The van der Waals surface area contributed by atoms with Crippen LogP contribution < -0.4 is 5.56 Å². The van der Waals surface area contributed by atoms with Crippen molar-refractivity contribution in [2.24, 2.45) is 0 Å². The van der Waals surface area contributed by atoms with E-state index in [4.69, 9.17) is 4.42 Å². The molecule has 0 aliphatic carbocycles. The van der Waals surface area contributed by atoms with Crippen molar-refractivity contribution in [3.8, 4) is 11.5 Å². The quantitative estimate of drug-likeness (QED) is 0.713. The van der Waals surface area contributed by atoms with Gasteiger partial charge in [-0.3, -0.25) is 4.79 Å². The Hall–Kier alpha value is -1.84. The lowest BCUT2D eigenvalue weighted by molar-refractivity contribution is 0.579. The monoisotopic (exact) mass is 176 g/mol. The summed E-state index contributed by atoms with van der Waals surface area (Å²) in [6.45, 7) is 1.71. The van der Waals surface area contributed by atoms with Gasteiger partial charge in [-0.15, -0.1) is 0 Å². The molecular weight excluding hydrogens is 168 g/mol. The summed E-state index contributed by atoms with van der Waals surface area (Å²) in [5.41, 5.74) is 1.02. The molecule has 13 heavy (non-hydrogen) atoms. The number of nitrogens with zero attached hydrogens (tertiary/aromatic N) is 1. The predicted octanol–water partition coefficient (Wildman–Crippen LogP) is 1.34. The predicted molar refractivity (Wildman–Crippen MR) is 47.3 cm³/mol. The summed E-state index contributed by atoms with van der Waals surface area (Å²) >= 11 is 0. The topological polar surface area (TPSA) is 58.9 Å². The molecule has 0 bridgehead atoms. The van der Waals surface area contributed by atoms with Gasteiger partial charge in [-0.2, -0.15) is 0 Å². The fraction of sp³-hybridized carbons (Fsp3) is 0.111. The van der Waals surface area contributed by atoms with Gasteiger partial charge >= 0.3 is 0 Å². The lowest BCUT2D eigenvalue weighted by Gasteiger charge is -1.97. The van der Waals surface area contributed by atoms with E-state index in [1.165, 1.54) is 6.33 Å². The molecule has 4 heteroatoms. The fourth-order valence-corrected chi connectivity index (χ4v) is 1.13. The average molecular weight is 176 g/mol. The molecule has 0 aliphatic rings. The van der Waals surface area contributed by atoms with Crippen molar-refractivity contribution < 1.29 is 4.42 Å². The number of H-pyrrole nitrogens is 1. The normalized spacial score (nSPS) is 10.2. The summed E-state index contributed by atoms with van der Waals surface area (Å²) in [6.07, 6.45) is 2.92. The minimum atomic E-state index is -0.138. The van der Waals surface area contributed by atoms with Gasteiger partial charge in [0.25, 0.3) is 5.56 Å². The van der Waals surface area contributed by atoms with Gasteiger partial charge in [0.1, 0.15) is 5.69 Å². The maximum Gasteiger partial charge on any atom is 0.254 e. The summed E-state index contributed by atoms with van der Waals surface area (Å²) in [7, 11) is 0. The number of aromatic amines is 1. The molecular formula is C9H8N2O2. The SMILES string of the molecule is Cc1c(-c2ccco2)nc[nH]c1=O. The highest BCUT2D eigenvalue weighted by molar-refractivity contribution is 5.55. The highest BCUT2D eigenvalue weighted by Crippen LogP contribution is 2.17. The van der Waals surface area contributed by atoms with Gasteiger partial charge in [0.15, 0.2) is 5.76 Å². The maximum absolute atomic E-state index is 11.2. The molecule has 1 N–H and O–H groups in total. The zero-order valence-corrected chi connectivity index (χ0v) is 7.07. The summed E-state index contributed by atoms with van der Waals surface area (Å²) in [5, 5.41) is 0. The third kappa shape index (κ3) is 1.26. The van der Waals surface area contributed by atoms with Crippen molar-refractivity contribution in [1.82, 2.24) is 9.97 Å². The molecule has 2 aromatic heterocycles. The highest BCUT2D eigenvalue weighted by Gasteiger charge is 2.07. The third-order valence-corrected chi connectivity index (χ3v) is 1.84. The maximum atomic E-state index is 11.2. The first-order valence-corrected chi connectivity index (χ1v) is 3.87. The number of rotatable bonds is 1. The van der Waals surface area contributed by atoms with Gasteiger partial charge in [-0.25, -0.2) is 4.98 Å². The van der Waals surface area contributed by atoms with Crippen LogP contribution >= 0.6 is 0 Å². The van der Waals surface area contributed by atoms with Crippen molar-refractivity contribution >= 4 is 0 Å². The molecule has 2 aromatic rings. The second kappa shape index (κ2) is 2.90. The van der Waals surface area contributed by atoms with Gasteiger partial charge in [0.2, 0.25) is 0 Å². The molecule has 0 aliphatic heterocycles. The Morgan fingerprint density at radius 2 is 2.38 bits per heavy atom. The molecule has 0 aromatic carbocycles. The highest BCUT2D eigenvalue weighted by atomic mass is 16.3. The standard InChI is InChI=1S/C9H8N2O2/c1-6-8(7-3-2-4-13-7)10-5-11-9(6)12/h2-5H,1H3,(H,10,11,12). The molecule has 0 unspecified atom stereocenters. The van der Waals surface area contributed by atoms with E-state index in [1.807, 2.05) is 0 Å². The van der Waals surface area contributed by atoms with Crippen LogP contribution in [0.1, 0.15) is 5.56 Å². The Labute approximate surface area is 74.2 Å². The number of hydrogen-bond donors (Lipinski definition) is 1. The average Bonchev–Trinajstić information content (AvgIpc) is 2.62. The van der Waals surface area contributed by atoms with Crippen molar-refractivity contribution in [3.05, 3.63) is 40.6 Å². The summed E-state index contributed by atoms with van der Waals surface area (Å²) < 4.78 is 5.14. The minimum Gasteiger partial charge on any atom is -0.463 e. The first-order chi connectivity index (χ1) is 6.29. The van der Waals surface area contributed by atoms with Crippen LogP contribution in [0.4, 0.5) is 0 Å². The van der Waals surface area contributed by atoms with E-state index < -0.39 is 0 Å². The fourth-order valence-electron chi connectivity index (χ4n) is 1.13. The van der Waals surface area contributed by atoms with Gasteiger partial charge in [0, 0.05) is 5.56 Å². The van der Waals surface area contributed by atoms with E-state index in [-0.39, 0.29) is 5.56 Å². The smallest absolute Gasteiger partial charge is 0.254 e. The Morgan fingerprint density at radius 3 is 3.08 bits per heavy atom. The van der Waals surface area contributed by atoms with Crippen LogP contribution in [0.2, 0.25) is 0 Å². The van der Waals surface area contributed by atoms with E-state index >= 15 is 0 Å². The Morgan fingerprint density at radius 1 is 1.54 bits per heavy atom. The van der Waals surface area contributed by atoms with E-state index in [0.29, 0.717) is 17.0 Å². The van der Waals surface area contributed by atoms with Gasteiger partial charge < -0.3 is 9.40 Å². The molecule has 66 valence electrons. The first kappa shape index (κ1) is 7.79. The van der Waals surface area contributed by atoms with Gasteiger partial charge in [-0.1, -0.05) is 0 Å². The first-order valence-electron chi connectivity index (χ1n) is 3.87. The van der Waals surface area contributed by atoms with E-state index in [1.54, 1.807) is 25.3 Å². The Balaban J connectivity index is 2.66. The number of furan rings is 1. The number of nitrogens with one attached hydrogen (secondary N) is 1. The second-order valence-electron chi connectivity index (χ2n) is 2.68. The van der Waals surface area contributed by atoms with Crippen LogP contribution in [-0.4, -0.2) is 9.97 Å². The van der Waals surface area contributed by atoms with E-state index in [0.717, 1.165) is 0 Å². The zero-order chi connectivity index (χ0) is 9.26. The molecule has 0 amide bonds. The van der Waals surface area contributed by atoms with Crippen LogP contribution in [0.15, 0.2) is 33.9 Å². The number of aromatic nitrogens is 2. The molecule has 0 atom stereocenters. The van der Waals surface area contributed by atoms with Crippen molar-refractivity contribution in [2.75, 3.05) is 0 Å². The molecule has 2 heterocycles. The van der Waals surface area contributed by atoms with E-state index in [9.17, 15) is 4.79 Å². The Bertz CT molecular complexity index is 457. The zero-order valence-electron chi connectivity index (χ0n) is 7.07. The molecule has 0 saturated carbocycles. The molecule has 0 spiro atoms. The van der Waals surface area contributed by atoms with Gasteiger partial charge in [0.05, 0.1) is 12.6 Å². The molecule has 0 fully saturated rings. The lowest BCUT2D eigenvalue weighted by atomic mass is 10.2. The summed E-state index contributed by atoms with van der Waals surface area (Å²) in [5.74, 6) is 0.614. The summed E-state index contributed by atoms with van der Waals surface area (Å²) in [6, 6.07) is 3.53. The summed E-state index contributed by atoms with van der Waals surface area (Å²) in [4.78, 5) is 17.7. The molecule has 0 saturated heterocycles.